The third-order valence-electron chi connectivity index (χ3n) is 2.44. The molecular formula is C11H15N5O3S. The molecule has 0 atom stereocenters. The van der Waals surface area contributed by atoms with E-state index in [-0.39, 0.29) is 17.6 Å². The Morgan fingerprint density at radius 3 is 2.70 bits per heavy atom. The van der Waals surface area contributed by atoms with E-state index >= 15 is 0 Å². The average Bonchev–Trinajstić information content (AvgIpc) is 2.86. The van der Waals surface area contributed by atoms with Crippen molar-refractivity contribution in [3.63, 3.8) is 0 Å². The maximum absolute atomic E-state index is 11.9. The van der Waals surface area contributed by atoms with E-state index in [2.05, 4.69) is 19.8 Å². The molecule has 0 amide bonds. The molecule has 2 aromatic heterocycles. The van der Waals surface area contributed by atoms with Gasteiger partial charge >= 0.3 is 6.01 Å². The van der Waals surface area contributed by atoms with E-state index in [1.165, 1.54) is 16.9 Å². The number of aromatic nitrogens is 4. The SMILES string of the molecule is Cn1nccc1S(=O)(=O)NCCCOc1ncccn1. The van der Waals surface area contributed by atoms with Crippen LogP contribution in [0.15, 0.2) is 35.7 Å². The molecule has 0 aliphatic carbocycles. The molecule has 0 unspecified atom stereocenters. The van der Waals surface area contributed by atoms with E-state index in [9.17, 15) is 8.42 Å². The highest BCUT2D eigenvalue weighted by Crippen LogP contribution is 2.05. The zero-order valence-electron chi connectivity index (χ0n) is 10.9. The Hall–Kier alpha value is -2.00. The molecule has 0 spiro atoms. The Bertz CT molecular complexity index is 641. The van der Waals surface area contributed by atoms with Crippen molar-refractivity contribution in [1.82, 2.24) is 24.5 Å². The number of ether oxygens (including phenoxy) is 1. The second-order valence-corrected chi connectivity index (χ2v) is 5.64. The van der Waals surface area contributed by atoms with Gasteiger partial charge in [-0.05, 0) is 18.6 Å². The number of aryl methyl sites for hydroxylation is 1. The topological polar surface area (TPSA) is 99.0 Å². The van der Waals surface area contributed by atoms with Crippen molar-refractivity contribution in [1.29, 1.82) is 0 Å². The first-order valence-electron chi connectivity index (χ1n) is 5.97. The lowest BCUT2D eigenvalue weighted by Gasteiger charge is -2.07. The molecule has 0 bridgehead atoms. The predicted octanol–water partition coefficient (Wildman–Crippen LogP) is -0.0425. The van der Waals surface area contributed by atoms with E-state index < -0.39 is 10.0 Å². The van der Waals surface area contributed by atoms with Gasteiger partial charge < -0.3 is 4.74 Å². The average molecular weight is 297 g/mol. The normalized spacial score (nSPS) is 11.4. The molecule has 0 aromatic carbocycles. The molecule has 9 heteroatoms. The summed E-state index contributed by atoms with van der Waals surface area (Å²) in [6.45, 7) is 0.596. The highest BCUT2D eigenvalue weighted by atomic mass is 32.2. The summed E-state index contributed by atoms with van der Waals surface area (Å²) < 4.78 is 32.9. The molecule has 2 heterocycles. The number of rotatable bonds is 7. The van der Waals surface area contributed by atoms with Gasteiger partial charge in [-0.15, -0.1) is 0 Å². The summed E-state index contributed by atoms with van der Waals surface area (Å²) in [5.41, 5.74) is 0. The Kier molecular flexibility index (Phi) is 4.64. The smallest absolute Gasteiger partial charge is 0.316 e. The summed E-state index contributed by atoms with van der Waals surface area (Å²) in [5.74, 6) is 0. The maximum atomic E-state index is 11.9. The van der Waals surface area contributed by atoms with Gasteiger partial charge in [0.25, 0.3) is 10.0 Å². The zero-order chi connectivity index (χ0) is 14.4. The van der Waals surface area contributed by atoms with Crippen molar-refractivity contribution in [2.45, 2.75) is 11.4 Å². The van der Waals surface area contributed by atoms with Crippen molar-refractivity contribution < 1.29 is 13.2 Å². The standard InChI is InChI=1S/C11H15N5O3S/c1-16-10(4-8-14-16)20(17,18)15-7-3-9-19-11-12-5-2-6-13-11/h2,4-6,8,15H,3,7,9H2,1H3. The molecule has 108 valence electrons. The predicted molar refractivity (Wildman–Crippen MR) is 70.5 cm³/mol. The summed E-state index contributed by atoms with van der Waals surface area (Å²) >= 11 is 0. The zero-order valence-corrected chi connectivity index (χ0v) is 11.7. The Labute approximate surface area is 116 Å². The fraction of sp³-hybridized carbons (Fsp3) is 0.364. The number of hydrogen-bond donors (Lipinski definition) is 1. The highest BCUT2D eigenvalue weighted by molar-refractivity contribution is 7.89. The summed E-state index contributed by atoms with van der Waals surface area (Å²) in [5, 5.41) is 3.95. The molecule has 0 saturated carbocycles. The fourth-order valence-corrected chi connectivity index (χ4v) is 2.70. The Morgan fingerprint density at radius 2 is 2.05 bits per heavy atom. The van der Waals surface area contributed by atoms with Crippen LogP contribution in [-0.2, 0) is 17.1 Å². The monoisotopic (exact) mass is 297 g/mol. The van der Waals surface area contributed by atoms with Crippen molar-refractivity contribution in [2.24, 2.45) is 7.05 Å². The lowest BCUT2D eigenvalue weighted by Crippen LogP contribution is -2.27. The molecule has 0 saturated heterocycles. The van der Waals surface area contributed by atoms with Crippen LogP contribution < -0.4 is 9.46 Å². The quantitative estimate of drug-likeness (QED) is 0.720. The van der Waals surface area contributed by atoms with Crippen LogP contribution in [0.2, 0.25) is 0 Å². The van der Waals surface area contributed by atoms with Crippen LogP contribution in [0, 0.1) is 0 Å². The molecule has 0 fully saturated rings. The van der Waals surface area contributed by atoms with Gasteiger partial charge in [-0.25, -0.2) is 23.1 Å². The maximum Gasteiger partial charge on any atom is 0.316 e. The number of nitrogens with one attached hydrogen (secondary N) is 1. The van der Waals surface area contributed by atoms with Gasteiger partial charge in [-0.3, -0.25) is 4.68 Å². The van der Waals surface area contributed by atoms with E-state index in [4.69, 9.17) is 4.74 Å². The van der Waals surface area contributed by atoms with Crippen molar-refractivity contribution >= 4 is 10.0 Å². The minimum absolute atomic E-state index is 0.129. The van der Waals surface area contributed by atoms with Gasteiger partial charge in [-0.2, -0.15) is 5.10 Å². The van der Waals surface area contributed by atoms with Crippen LogP contribution in [-0.4, -0.2) is 41.3 Å². The number of sulfonamides is 1. The molecule has 0 aliphatic rings. The lowest BCUT2D eigenvalue weighted by atomic mass is 10.5. The second kappa shape index (κ2) is 6.44. The van der Waals surface area contributed by atoms with E-state index in [1.807, 2.05) is 0 Å². The molecule has 8 nitrogen and oxygen atoms in total. The first-order chi connectivity index (χ1) is 9.59. The van der Waals surface area contributed by atoms with Crippen LogP contribution in [0.1, 0.15) is 6.42 Å². The van der Waals surface area contributed by atoms with Gasteiger partial charge in [0, 0.05) is 26.0 Å². The van der Waals surface area contributed by atoms with Crippen LogP contribution in [0.4, 0.5) is 0 Å². The van der Waals surface area contributed by atoms with E-state index in [1.54, 1.807) is 25.5 Å². The molecule has 0 radical (unpaired) electrons. The number of hydrogen-bond acceptors (Lipinski definition) is 6. The van der Waals surface area contributed by atoms with Crippen molar-refractivity contribution in [3.05, 3.63) is 30.7 Å². The van der Waals surface area contributed by atoms with Gasteiger partial charge in [0.2, 0.25) is 0 Å². The second-order valence-electron chi connectivity index (χ2n) is 3.92. The Balaban J connectivity index is 1.75. The molecule has 0 aliphatic heterocycles. The summed E-state index contributed by atoms with van der Waals surface area (Å²) in [6.07, 6.45) is 5.10. The van der Waals surface area contributed by atoms with Crippen LogP contribution >= 0.6 is 0 Å². The van der Waals surface area contributed by atoms with Gasteiger partial charge in [0.05, 0.1) is 12.8 Å². The fourth-order valence-electron chi connectivity index (χ4n) is 1.50. The first-order valence-corrected chi connectivity index (χ1v) is 7.45. The van der Waals surface area contributed by atoms with E-state index in [0.717, 1.165) is 0 Å². The van der Waals surface area contributed by atoms with Gasteiger partial charge in [0.1, 0.15) is 0 Å². The van der Waals surface area contributed by atoms with Crippen molar-refractivity contribution in [2.75, 3.05) is 13.2 Å². The molecule has 1 N–H and O–H groups in total. The summed E-state index contributed by atoms with van der Waals surface area (Å²) in [6, 6.07) is 3.41. The van der Waals surface area contributed by atoms with Gasteiger partial charge in [-0.1, -0.05) is 0 Å². The van der Waals surface area contributed by atoms with Crippen LogP contribution in [0.3, 0.4) is 0 Å². The molecule has 2 aromatic rings. The minimum atomic E-state index is -3.53. The minimum Gasteiger partial charge on any atom is -0.463 e. The summed E-state index contributed by atoms with van der Waals surface area (Å²) in [4.78, 5) is 7.79. The third-order valence-corrected chi connectivity index (χ3v) is 3.97. The number of nitrogens with zero attached hydrogens (tertiary/aromatic N) is 4. The van der Waals surface area contributed by atoms with Crippen LogP contribution in [0.5, 0.6) is 6.01 Å². The largest absolute Gasteiger partial charge is 0.463 e. The molecular weight excluding hydrogens is 282 g/mol. The van der Waals surface area contributed by atoms with Crippen molar-refractivity contribution in [3.8, 4) is 6.01 Å². The van der Waals surface area contributed by atoms with E-state index in [0.29, 0.717) is 13.0 Å². The summed E-state index contributed by atoms with van der Waals surface area (Å²) in [7, 11) is -1.96. The third kappa shape index (κ3) is 3.75. The highest BCUT2D eigenvalue weighted by Gasteiger charge is 2.16. The first kappa shape index (κ1) is 14.4. The molecule has 2 rings (SSSR count). The van der Waals surface area contributed by atoms with Crippen LogP contribution in [0.25, 0.3) is 0 Å². The molecule has 20 heavy (non-hydrogen) atoms. The lowest BCUT2D eigenvalue weighted by molar-refractivity contribution is 0.287. The Morgan fingerprint density at radius 1 is 1.30 bits per heavy atom. The van der Waals surface area contributed by atoms with Gasteiger partial charge in [0.15, 0.2) is 5.03 Å².